The minimum atomic E-state index is -0.365. The Bertz CT molecular complexity index is 734. The van der Waals surface area contributed by atoms with Gasteiger partial charge in [0.2, 0.25) is 0 Å². The fourth-order valence-corrected chi connectivity index (χ4v) is 2.10. The van der Waals surface area contributed by atoms with Crippen LogP contribution in [-0.2, 0) is 7.05 Å². The van der Waals surface area contributed by atoms with Gasteiger partial charge in [-0.2, -0.15) is 5.26 Å². The van der Waals surface area contributed by atoms with Gasteiger partial charge in [0.1, 0.15) is 17.5 Å². The van der Waals surface area contributed by atoms with Crippen LogP contribution in [0.1, 0.15) is 30.9 Å². The van der Waals surface area contributed by atoms with Gasteiger partial charge in [-0.1, -0.05) is 38.1 Å². The number of nitriles is 1. The Morgan fingerprint density at radius 2 is 1.85 bits per heavy atom. The predicted octanol–water partition coefficient (Wildman–Crippen LogP) is 2.63. The number of anilines is 1. The molecule has 1 aromatic carbocycles. The van der Waals surface area contributed by atoms with Crippen LogP contribution in [0.4, 0.5) is 5.82 Å². The number of pyridine rings is 1. The molecule has 0 aliphatic rings. The third kappa shape index (κ3) is 2.30. The van der Waals surface area contributed by atoms with E-state index in [1.54, 1.807) is 13.1 Å². The van der Waals surface area contributed by atoms with Crippen molar-refractivity contribution in [3.63, 3.8) is 0 Å². The Labute approximate surface area is 118 Å². The average Bonchev–Trinajstić information content (AvgIpc) is 2.44. The molecule has 0 spiro atoms. The summed E-state index contributed by atoms with van der Waals surface area (Å²) in [6.45, 7) is 4.23. The number of benzene rings is 1. The fraction of sp³-hybridized carbons (Fsp3) is 0.250. The first-order chi connectivity index (χ1) is 9.45. The Morgan fingerprint density at radius 3 is 2.35 bits per heavy atom. The molecule has 0 saturated heterocycles. The van der Waals surface area contributed by atoms with E-state index in [2.05, 4.69) is 13.8 Å². The van der Waals surface area contributed by atoms with Crippen molar-refractivity contribution in [1.29, 1.82) is 5.26 Å². The summed E-state index contributed by atoms with van der Waals surface area (Å²) in [5.41, 5.74) is 8.20. The summed E-state index contributed by atoms with van der Waals surface area (Å²) in [6, 6.07) is 11.5. The van der Waals surface area contributed by atoms with E-state index in [9.17, 15) is 10.1 Å². The molecule has 2 aromatic rings. The monoisotopic (exact) mass is 267 g/mol. The van der Waals surface area contributed by atoms with Crippen molar-refractivity contribution in [2.75, 3.05) is 5.73 Å². The number of nitrogen functional groups attached to an aromatic ring is 1. The third-order valence-electron chi connectivity index (χ3n) is 3.47. The minimum absolute atomic E-state index is 0.124. The zero-order valence-electron chi connectivity index (χ0n) is 11.8. The van der Waals surface area contributed by atoms with Gasteiger partial charge in [0.25, 0.3) is 5.56 Å². The van der Waals surface area contributed by atoms with Gasteiger partial charge < -0.3 is 5.73 Å². The maximum absolute atomic E-state index is 12.1. The highest BCUT2D eigenvalue weighted by Crippen LogP contribution is 2.25. The molecule has 0 amide bonds. The van der Waals surface area contributed by atoms with Gasteiger partial charge in [0, 0.05) is 12.6 Å². The van der Waals surface area contributed by atoms with E-state index in [0.717, 1.165) is 5.56 Å². The van der Waals surface area contributed by atoms with Crippen LogP contribution >= 0.6 is 0 Å². The molecule has 0 aliphatic carbocycles. The number of hydrogen-bond acceptors (Lipinski definition) is 3. The Balaban J connectivity index is 2.64. The molecule has 4 heteroatoms. The number of hydrogen-bond donors (Lipinski definition) is 1. The Hall–Kier alpha value is -2.54. The summed E-state index contributed by atoms with van der Waals surface area (Å²) in [5, 5.41) is 9.21. The first kappa shape index (κ1) is 13.9. The average molecular weight is 267 g/mol. The number of nitrogens with two attached hydrogens (primary N) is 1. The molecule has 20 heavy (non-hydrogen) atoms. The first-order valence-electron chi connectivity index (χ1n) is 6.45. The van der Waals surface area contributed by atoms with Crippen LogP contribution in [0, 0.1) is 11.3 Å². The third-order valence-corrected chi connectivity index (χ3v) is 3.47. The van der Waals surface area contributed by atoms with Gasteiger partial charge in [-0.3, -0.25) is 9.36 Å². The second-order valence-corrected chi connectivity index (χ2v) is 5.11. The minimum Gasteiger partial charge on any atom is -0.385 e. The van der Waals surface area contributed by atoms with Crippen molar-refractivity contribution in [1.82, 2.24) is 4.57 Å². The van der Waals surface area contributed by atoms with Crippen molar-refractivity contribution in [2.24, 2.45) is 7.05 Å². The summed E-state index contributed by atoms with van der Waals surface area (Å²) in [5.74, 6) is 0.783. The molecule has 0 aliphatic heterocycles. The molecule has 0 radical (unpaired) electrons. The summed E-state index contributed by atoms with van der Waals surface area (Å²) >= 11 is 0. The molecule has 0 atom stereocenters. The molecule has 102 valence electrons. The van der Waals surface area contributed by atoms with E-state index >= 15 is 0 Å². The van der Waals surface area contributed by atoms with Crippen molar-refractivity contribution >= 4 is 5.82 Å². The van der Waals surface area contributed by atoms with Crippen LogP contribution in [0.15, 0.2) is 35.1 Å². The number of aromatic nitrogens is 1. The largest absolute Gasteiger partial charge is 0.385 e. The second-order valence-electron chi connectivity index (χ2n) is 5.11. The van der Waals surface area contributed by atoms with Crippen molar-refractivity contribution < 1.29 is 0 Å². The second kappa shape index (κ2) is 5.22. The normalized spacial score (nSPS) is 10.6. The van der Waals surface area contributed by atoms with Gasteiger partial charge in [0.05, 0.1) is 0 Å². The molecule has 0 bridgehead atoms. The van der Waals surface area contributed by atoms with Gasteiger partial charge in [-0.15, -0.1) is 0 Å². The number of rotatable bonds is 2. The van der Waals surface area contributed by atoms with Crippen LogP contribution in [0.2, 0.25) is 0 Å². The fourth-order valence-electron chi connectivity index (χ4n) is 2.10. The van der Waals surface area contributed by atoms with E-state index in [1.807, 2.05) is 30.3 Å². The lowest BCUT2D eigenvalue weighted by Crippen LogP contribution is -2.23. The smallest absolute Gasteiger partial charge is 0.270 e. The zero-order valence-corrected chi connectivity index (χ0v) is 11.8. The molecular formula is C16H17N3O. The highest BCUT2D eigenvalue weighted by atomic mass is 16.1. The molecule has 2 rings (SSSR count). The SMILES string of the molecule is CC(C)c1ccc(-c2cc(N)n(C)c(=O)c2C#N)cc1. The van der Waals surface area contributed by atoms with Gasteiger partial charge >= 0.3 is 0 Å². The highest BCUT2D eigenvalue weighted by molar-refractivity contribution is 5.72. The van der Waals surface area contributed by atoms with Crippen molar-refractivity contribution in [3.05, 3.63) is 51.8 Å². The van der Waals surface area contributed by atoms with Gasteiger partial charge in [-0.05, 0) is 23.1 Å². The summed E-state index contributed by atoms with van der Waals surface area (Å²) < 4.78 is 1.28. The van der Waals surface area contributed by atoms with E-state index in [4.69, 9.17) is 5.73 Å². The van der Waals surface area contributed by atoms with Gasteiger partial charge in [0.15, 0.2) is 0 Å². The Morgan fingerprint density at radius 1 is 1.25 bits per heavy atom. The molecule has 0 unspecified atom stereocenters. The lowest BCUT2D eigenvalue weighted by molar-refractivity contribution is 0.866. The predicted molar refractivity (Wildman–Crippen MR) is 80.3 cm³/mol. The summed E-state index contributed by atoms with van der Waals surface area (Å²) in [7, 11) is 1.56. The maximum Gasteiger partial charge on any atom is 0.270 e. The van der Waals surface area contributed by atoms with Crippen LogP contribution in [0.5, 0.6) is 0 Å². The van der Waals surface area contributed by atoms with Crippen molar-refractivity contribution in [3.8, 4) is 17.2 Å². The van der Waals surface area contributed by atoms with E-state index < -0.39 is 0 Å². The standard InChI is InChI=1S/C16H17N3O/c1-10(2)11-4-6-12(7-5-11)13-8-15(18)19(3)16(20)14(13)9-17/h4-8,10H,18H2,1-3H3. The lowest BCUT2D eigenvalue weighted by Gasteiger charge is -2.11. The molecule has 0 fully saturated rings. The van der Waals surface area contributed by atoms with Crippen molar-refractivity contribution in [2.45, 2.75) is 19.8 Å². The van der Waals surface area contributed by atoms with Crippen LogP contribution in [0.3, 0.4) is 0 Å². The Kier molecular flexibility index (Phi) is 3.62. The van der Waals surface area contributed by atoms with Crippen LogP contribution in [0.25, 0.3) is 11.1 Å². The topological polar surface area (TPSA) is 71.8 Å². The van der Waals surface area contributed by atoms with Gasteiger partial charge in [-0.25, -0.2) is 0 Å². The van der Waals surface area contributed by atoms with E-state index in [1.165, 1.54) is 10.1 Å². The van der Waals surface area contributed by atoms with E-state index in [-0.39, 0.29) is 11.1 Å². The molecular weight excluding hydrogens is 250 g/mol. The quantitative estimate of drug-likeness (QED) is 0.909. The molecule has 0 saturated carbocycles. The molecule has 1 aromatic heterocycles. The molecule has 1 heterocycles. The lowest BCUT2D eigenvalue weighted by atomic mass is 9.97. The highest BCUT2D eigenvalue weighted by Gasteiger charge is 2.13. The summed E-state index contributed by atoms with van der Waals surface area (Å²) in [6.07, 6.45) is 0. The molecule has 4 nitrogen and oxygen atoms in total. The zero-order chi connectivity index (χ0) is 14.9. The number of nitrogens with zero attached hydrogens (tertiary/aromatic N) is 2. The van der Waals surface area contributed by atoms with Crippen LogP contribution in [-0.4, -0.2) is 4.57 Å². The van der Waals surface area contributed by atoms with E-state index in [0.29, 0.717) is 17.3 Å². The maximum atomic E-state index is 12.1. The first-order valence-corrected chi connectivity index (χ1v) is 6.45. The summed E-state index contributed by atoms with van der Waals surface area (Å²) in [4.78, 5) is 12.1. The molecule has 2 N–H and O–H groups in total. The van der Waals surface area contributed by atoms with Crippen LogP contribution < -0.4 is 11.3 Å².